The number of carbonyl (C=O) groups is 1. The molecule has 0 aliphatic heterocycles. The Balaban J connectivity index is 1.91. The van der Waals surface area contributed by atoms with Gasteiger partial charge in [-0.25, -0.2) is 0 Å². The zero-order chi connectivity index (χ0) is 15.1. The molecule has 21 heavy (non-hydrogen) atoms. The van der Waals surface area contributed by atoms with Crippen LogP contribution in [0.4, 0.5) is 0 Å². The van der Waals surface area contributed by atoms with Crippen LogP contribution in [0, 0.1) is 5.92 Å². The topological polar surface area (TPSA) is 46.5 Å². The molecule has 0 fully saturated rings. The van der Waals surface area contributed by atoms with Crippen molar-refractivity contribution in [2.45, 2.75) is 26.4 Å². The molecule has 0 aromatic heterocycles. The van der Waals surface area contributed by atoms with Gasteiger partial charge in [0.25, 0.3) is 0 Å². The van der Waals surface area contributed by atoms with Crippen LogP contribution >= 0.6 is 0 Å². The van der Waals surface area contributed by atoms with Crippen molar-refractivity contribution >= 4 is 5.97 Å². The average molecular weight is 284 g/mol. The Hall–Kier alpha value is -2.29. The molecule has 0 saturated heterocycles. The second-order valence-corrected chi connectivity index (χ2v) is 5.07. The summed E-state index contributed by atoms with van der Waals surface area (Å²) in [5.74, 6) is -0.256. The van der Waals surface area contributed by atoms with Gasteiger partial charge in [-0.05, 0) is 36.1 Å². The predicted molar refractivity (Wildman–Crippen MR) is 82.3 cm³/mol. The Kier molecular flexibility index (Phi) is 5.38. The first-order valence-electron chi connectivity index (χ1n) is 7.17. The second-order valence-electron chi connectivity index (χ2n) is 5.07. The molecule has 110 valence electrons. The molecule has 3 nitrogen and oxygen atoms in total. The van der Waals surface area contributed by atoms with E-state index in [0.29, 0.717) is 19.4 Å². The number of ether oxygens (including phenoxy) is 1. The fourth-order valence-electron chi connectivity index (χ4n) is 2.15. The van der Waals surface area contributed by atoms with Gasteiger partial charge in [-0.3, -0.25) is 4.79 Å². The summed E-state index contributed by atoms with van der Waals surface area (Å²) in [7, 11) is 0. The van der Waals surface area contributed by atoms with Crippen molar-refractivity contribution in [1.29, 1.82) is 0 Å². The van der Waals surface area contributed by atoms with Gasteiger partial charge in [-0.2, -0.15) is 0 Å². The lowest BCUT2D eigenvalue weighted by Crippen LogP contribution is -2.15. The molecule has 0 spiro atoms. The third-order valence-electron chi connectivity index (χ3n) is 3.50. The van der Waals surface area contributed by atoms with Gasteiger partial charge in [-0.1, -0.05) is 49.4 Å². The molecule has 1 N–H and O–H groups in total. The summed E-state index contributed by atoms with van der Waals surface area (Å²) in [4.78, 5) is 11.0. The van der Waals surface area contributed by atoms with E-state index in [1.54, 1.807) is 0 Å². The SMILES string of the molecule is CCC(Cc1ccc(OCc2ccccc2)cc1)C(=O)O. The molecule has 2 aromatic rings. The molecular weight excluding hydrogens is 264 g/mol. The van der Waals surface area contributed by atoms with E-state index in [1.165, 1.54) is 0 Å². The summed E-state index contributed by atoms with van der Waals surface area (Å²) in [6, 6.07) is 17.7. The predicted octanol–water partition coefficient (Wildman–Crippen LogP) is 3.92. The van der Waals surface area contributed by atoms with Crippen LogP contribution in [0.3, 0.4) is 0 Å². The minimum absolute atomic E-state index is 0.318. The number of hydrogen-bond acceptors (Lipinski definition) is 2. The maximum Gasteiger partial charge on any atom is 0.306 e. The van der Waals surface area contributed by atoms with Gasteiger partial charge < -0.3 is 9.84 Å². The Labute approximate surface area is 125 Å². The zero-order valence-corrected chi connectivity index (χ0v) is 12.2. The fourth-order valence-corrected chi connectivity index (χ4v) is 2.15. The minimum atomic E-state index is -0.734. The molecule has 0 aliphatic rings. The lowest BCUT2D eigenvalue weighted by atomic mass is 9.97. The Morgan fingerprint density at radius 2 is 1.71 bits per heavy atom. The lowest BCUT2D eigenvalue weighted by molar-refractivity contribution is -0.141. The zero-order valence-electron chi connectivity index (χ0n) is 12.2. The minimum Gasteiger partial charge on any atom is -0.489 e. The van der Waals surface area contributed by atoms with Crippen LogP contribution in [-0.2, 0) is 17.8 Å². The standard InChI is InChI=1S/C18H20O3/c1-2-16(18(19)20)12-14-8-10-17(11-9-14)21-13-15-6-4-3-5-7-15/h3-11,16H,2,12-13H2,1H3,(H,19,20). The van der Waals surface area contributed by atoms with Crippen molar-refractivity contribution < 1.29 is 14.6 Å². The first-order chi connectivity index (χ1) is 10.2. The molecule has 3 heteroatoms. The number of carboxylic acids is 1. The van der Waals surface area contributed by atoms with Gasteiger partial charge in [0.1, 0.15) is 12.4 Å². The number of carboxylic acid groups (broad SMARTS) is 1. The summed E-state index contributed by atoms with van der Waals surface area (Å²) < 4.78 is 5.71. The van der Waals surface area contributed by atoms with E-state index in [0.717, 1.165) is 16.9 Å². The van der Waals surface area contributed by atoms with E-state index in [9.17, 15) is 4.79 Å². The average Bonchev–Trinajstić information content (AvgIpc) is 2.52. The maximum absolute atomic E-state index is 11.0. The van der Waals surface area contributed by atoms with Crippen molar-refractivity contribution in [3.8, 4) is 5.75 Å². The van der Waals surface area contributed by atoms with E-state index in [4.69, 9.17) is 9.84 Å². The molecule has 2 aromatic carbocycles. The molecule has 0 aliphatic carbocycles. The highest BCUT2D eigenvalue weighted by Gasteiger charge is 2.15. The maximum atomic E-state index is 11.0. The smallest absolute Gasteiger partial charge is 0.306 e. The van der Waals surface area contributed by atoms with Gasteiger partial charge in [-0.15, -0.1) is 0 Å². The van der Waals surface area contributed by atoms with Crippen molar-refractivity contribution in [1.82, 2.24) is 0 Å². The van der Waals surface area contributed by atoms with E-state index >= 15 is 0 Å². The molecule has 0 saturated carbocycles. The summed E-state index contributed by atoms with van der Waals surface area (Å²) in [6.07, 6.45) is 1.20. The summed E-state index contributed by atoms with van der Waals surface area (Å²) >= 11 is 0. The van der Waals surface area contributed by atoms with Crippen LogP contribution in [0.2, 0.25) is 0 Å². The van der Waals surface area contributed by atoms with E-state index in [2.05, 4.69) is 0 Å². The van der Waals surface area contributed by atoms with Gasteiger partial charge in [0.2, 0.25) is 0 Å². The molecule has 2 rings (SSSR count). The number of benzene rings is 2. The Morgan fingerprint density at radius 1 is 1.05 bits per heavy atom. The van der Waals surface area contributed by atoms with Gasteiger partial charge in [0.05, 0.1) is 5.92 Å². The second kappa shape index (κ2) is 7.48. The molecule has 0 heterocycles. The van der Waals surface area contributed by atoms with Gasteiger partial charge in [0, 0.05) is 0 Å². The van der Waals surface area contributed by atoms with Crippen LogP contribution in [0.15, 0.2) is 54.6 Å². The molecule has 0 bridgehead atoms. The van der Waals surface area contributed by atoms with Crippen molar-refractivity contribution in [3.05, 3.63) is 65.7 Å². The van der Waals surface area contributed by atoms with Crippen molar-refractivity contribution in [2.24, 2.45) is 5.92 Å². The summed E-state index contributed by atoms with van der Waals surface area (Å²) in [5, 5.41) is 9.07. The summed E-state index contributed by atoms with van der Waals surface area (Å²) in [6.45, 7) is 2.43. The summed E-state index contributed by atoms with van der Waals surface area (Å²) in [5.41, 5.74) is 2.15. The van der Waals surface area contributed by atoms with Crippen molar-refractivity contribution in [2.75, 3.05) is 0 Å². The first kappa shape index (κ1) is 15.1. The first-order valence-corrected chi connectivity index (χ1v) is 7.17. The van der Waals surface area contributed by atoms with Gasteiger partial charge >= 0.3 is 5.97 Å². The monoisotopic (exact) mass is 284 g/mol. The van der Waals surface area contributed by atoms with Crippen LogP contribution in [0.5, 0.6) is 5.75 Å². The normalized spacial score (nSPS) is 11.9. The Bertz CT molecular complexity index is 561. The number of aliphatic carboxylic acids is 1. The molecule has 1 atom stereocenters. The van der Waals surface area contributed by atoms with E-state index < -0.39 is 5.97 Å². The number of rotatable bonds is 7. The quantitative estimate of drug-likeness (QED) is 0.838. The molecule has 1 unspecified atom stereocenters. The third kappa shape index (κ3) is 4.63. The lowest BCUT2D eigenvalue weighted by Gasteiger charge is -2.11. The van der Waals surface area contributed by atoms with Crippen LogP contribution in [-0.4, -0.2) is 11.1 Å². The highest BCUT2D eigenvalue weighted by atomic mass is 16.5. The molecular formula is C18H20O3. The highest BCUT2D eigenvalue weighted by molar-refractivity contribution is 5.70. The molecule has 0 radical (unpaired) electrons. The third-order valence-corrected chi connectivity index (χ3v) is 3.50. The van der Waals surface area contributed by atoms with Gasteiger partial charge in [0.15, 0.2) is 0 Å². The van der Waals surface area contributed by atoms with Crippen LogP contribution in [0.1, 0.15) is 24.5 Å². The van der Waals surface area contributed by atoms with E-state index in [1.807, 2.05) is 61.5 Å². The fraction of sp³-hybridized carbons (Fsp3) is 0.278. The van der Waals surface area contributed by atoms with Crippen LogP contribution in [0.25, 0.3) is 0 Å². The van der Waals surface area contributed by atoms with Crippen LogP contribution < -0.4 is 4.74 Å². The van der Waals surface area contributed by atoms with E-state index in [-0.39, 0.29) is 5.92 Å². The van der Waals surface area contributed by atoms with Crippen molar-refractivity contribution in [3.63, 3.8) is 0 Å². The number of hydrogen-bond donors (Lipinski definition) is 1. The highest BCUT2D eigenvalue weighted by Crippen LogP contribution is 2.18. The molecule has 0 amide bonds. The largest absolute Gasteiger partial charge is 0.489 e. The Morgan fingerprint density at radius 3 is 2.29 bits per heavy atom.